The van der Waals surface area contributed by atoms with Crippen LogP contribution in [-0.2, 0) is 38.1 Å². The molecule has 6 aromatic carbocycles. The smallest absolute Gasteiger partial charge is 0.306 e. The molecule has 0 saturated carbocycles. The minimum atomic E-state index is -0.402. The van der Waals surface area contributed by atoms with Crippen LogP contribution in [0, 0.1) is 0 Å². The molecule has 60 heavy (non-hydrogen) atoms. The molecule has 4 unspecified atom stereocenters. The van der Waals surface area contributed by atoms with Crippen LogP contribution in [0.2, 0.25) is 0 Å². The first-order valence-corrected chi connectivity index (χ1v) is 22.0. The number of carbonyl (C=O) groups is 4. The van der Waals surface area contributed by atoms with E-state index in [1.807, 2.05) is 39.8 Å². The van der Waals surface area contributed by atoms with Gasteiger partial charge in [0.2, 0.25) is 0 Å². The van der Waals surface area contributed by atoms with E-state index in [-0.39, 0.29) is 36.1 Å². The van der Waals surface area contributed by atoms with Crippen LogP contribution in [0.15, 0.2) is 84.9 Å². The quantitative estimate of drug-likeness (QED) is 0.0609. The molecule has 0 fully saturated rings. The van der Waals surface area contributed by atoms with Crippen molar-refractivity contribution < 1.29 is 38.1 Å². The second-order valence-corrected chi connectivity index (χ2v) is 16.5. The third-order valence-corrected chi connectivity index (χ3v) is 12.1. The molecule has 6 aromatic rings. The molecule has 0 N–H and O–H groups in total. The summed E-state index contributed by atoms with van der Waals surface area (Å²) in [6, 6.07) is 30.1. The van der Waals surface area contributed by atoms with E-state index in [0.29, 0.717) is 64.2 Å². The lowest BCUT2D eigenvalue weighted by Gasteiger charge is -2.31. The van der Waals surface area contributed by atoms with Gasteiger partial charge in [-0.1, -0.05) is 76.2 Å². The number of ether oxygens (including phenoxy) is 4. The topological polar surface area (TPSA) is 105 Å². The van der Waals surface area contributed by atoms with E-state index < -0.39 is 12.2 Å². The second-order valence-electron chi connectivity index (χ2n) is 16.5. The third-order valence-electron chi connectivity index (χ3n) is 12.1. The zero-order valence-corrected chi connectivity index (χ0v) is 35.1. The highest BCUT2D eigenvalue weighted by Gasteiger charge is 2.34. The molecular weight excluding hydrogens is 753 g/mol. The molecule has 4 atom stereocenters. The van der Waals surface area contributed by atoms with Crippen molar-refractivity contribution in [1.29, 1.82) is 0 Å². The largest absolute Gasteiger partial charge is 0.457 e. The van der Waals surface area contributed by atoms with Gasteiger partial charge in [-0.2, -0.15) is 0 Å². The standard InChI is InChI=1S/C52H54O8/c1-5-9-47(53)57-43-21-23-45(59-49(55)11-7-3)41-29-31(17-19-39(41)43)37-25-33-13-15-35-27-38(28-36-16-14-34(26-37)51(33)52(35)36)32-18-20-40-42(30-32)46(60-50(56)12-8-4)24-22-44(40)58-48(54)10-6-2/h13-20,25-30,43-46H,5-12,21-24H2,1-4H3. The Labute approximate surface area is 351 Å². The SMILES string of the molecule is CCCC(=O)OC1CCC(OC(=O)CCC)c2cc(-c3cc4ccc5cc(-c6ccc7c(c6)C(OC(=O)CCC)CCC7OC(=O)CCC)cc6ccc(c3)c4c56)ccc21. The summed E-state index contributed by atoms with van der Waals surface area (Å²) in [6.45, 7) is 7.86. The molecule has 2 aliphatic rings. The van der Waals surface area contributed by atoms with Gasteiger partial charge in [0.25, 0.3) is 0 Å². The third kappa shape index (κ3) is 8.34. The van der Waals surface area contributed by atoms with Crippen molar-refractivity contribution >= 4 is 56.2 Å². The van der Waals surface area contributed by atoms with Crippen LogP contribution in [0.25, 0.3) is 54.6 Å². The molecule has 8 rings (SSSR count). The van der Waals surface area contributed by atoms with Crippen molar-refractivity contribution in [3.8, 4) is 22.3 Å². The average molecular weight is 807 g/mol. The molecule has 8 nitrogen and oxygen atoms in total. The predicted molar refractivity (Wildman–Crippen MR) is 234 cm³/mol. The van der Waals surface area contributed by atoms with Crippen LogP contribution >= 0.6 is 0 Å². The van der Waals surface area contributed by atoms with E-state index in [1.54, 1.807) is 0 Å². The molecule has 8 heteroatoms. The van der Waals surface area contributed by atoms with Gasteiger partial charge >= 0.3 is 23.9 Å². The molecule has 0 bridgehead atoms. The van der Waals surface area contributed by atoms with Crippen LogP contribution in [-0.4, -0.2) is 23.9 Å². The molecule has 0 aliphatic heterocycles. The molecule has 0 amide bonds. The molecule has 0 radical (unpaired) electrons. The Bertz CT molecular complexity index is 2330. The Hall–Kier alpha value is -5.76. The van der Waals surface area contributed by atoms with Crippen molar-refractivity contribution in [1.82, 2.24) is 0 Å². The van der Waals surface area contributed by atoms with Crippen LogP contribution in [0.5, 0.6) is 0 Å². The maximum atomic E-state index is 12.7. The maximum absolute atomic E-state index is 12.7. The number of hydrogen-bond acceptors (Lipinski definition) is 8. The summed E-state index contributed by atoms with van der Waals surface area (Å²) in [5.41, 5.74) is 7.72. The van der Waals surface area contributed by atoms with E-state index in [0.717, 1.165) is 78.9 Å². The molecule has 310 valence electrons. The highest BCUT2D eigenvalue weighted by molar-refractivity contribution is 6.24. The molecule has 0 spiro atoms. The van der Waals surface area contributed by atoms with Gasteiger partial charge in [-0.25, -0.2) is 0 Å². The van der Waals surface area contributed by atoms with E-state index in [2.05, 4.69) is 72.8 Å². The van der Waals surface area contributed by atoms with Gasteiger partial charge in [0, 0.05) is 25.7 Å². The molecule has 2 aliphatic carbocycles. The van der Waals surface area contributed by atoms with Crippen molar-refractivity contribution in [2.75, 3.05) is 0 Å². The number of hydrogen-bond donors (Lipinski definition) is 0. The first kappa shape index (κ1) is 41.0. The predicted octanol–water partition coefficient (Wildman–Crippen LogP) is 13.0. The van der Waals surface area contributed by atoms with Gasteiger partial charge in [-0.15, -0.1) is 0 Å². The monoisotopic (exact) mass is 806 g/mol. The lowest BCUT2D eigenvalue weighted by molar-refractivity contribution is -0.156. The summed E-state index contributed by atoms with van der Waals surface area (Å²) in [5, 5.41) is 6.88. The first-order chi connectivity index (χ1) is 29.2. The maximum Gasteiger partial charge on any atom is 0.306 e. The van der Waals surface area contributed by atoms with E-state index in [1.165, 1.54) is 10.8 Å². The zero-order valence-electron chi connectivity index (χ0n) is 35.1. The Morgan fingerprint density at radius 1 is 0.383 bits per heavy atom. The Morgan fingerprint density at radius 3 is 0.950 bits per heavy atom. The Morgan fingerprint density at radius 2 is 0.667 bits per heavy atom. The lowest BCUT2D eigenvalue weighted by Crippen LogP contribution is -2.22. The van der Waals surface area contributed by atoms with Gasteiger partial charge in [0.1, 0.15) is 24.4 Å². The summed E-state index contributed by atoms with van der Waals surface area (Å²) in [4.78, 5) is 50.5. The molecule has 0 saturated heterocycles. The van der Waals surface area contributed by atoms with E-state index in [4.69, 9.17) is 18.9 Å². The summed E-state index contributed by atoms with van der Waals surface area (Å²) in [6.07, 6.45) is 5.18. The van der Waals surface area contributed by atoms with Crippen molar-refractivity contribution in [2.45, 2.75) is 129 Å². The van der Waals surface area contributed by atoms with Crippen LogP contribution in [0.1, 0.15) is 151 Å². The zero-order chi connectivity index (χ0) is 41.9. The number of fused-ring (bicyclic) bond motifs is 2. The number of carbonyl (C=O) groups excluding carboxylic acids is 4. The van der Waals surface area contributed by atoms with Gasteiger partial charge < -0.3 is 18.9 Å². The summed E-state index contributed by atoms with van der Waals surface area (Å²) >= 11 is 0. The second kappa shape index (κ2) is 17.8. The van der Waals surface area contributed by atoms with E-state index in [9.17, 15) is 19.2 Å². The molecular formula is C52H54O8. The molecule has 0 aromatic heterocycles. The summed E-state index contributed by atoms with van der Waals surface area (Å²) < 4.78 is 23.9. The fourth-order valence-corrected chi connectivity index (χ4v) is 9.23. The van der Waals surface area contributed by atoms with Crippen molar-refractivity contribution in [3.63, 3.8) is 0 Å². The summed E-state index contributed by atoms with van der Waals surface area (Å²) in [5.74, 6) is -0.845. The normalized spacial score (nSPS) is 18.5. The highest BCUT2D eigenvalue weighted by atomic mass is 16.6. The fraction of sp³-hybridized carbons (Fsp3) is 0.385. The minimum absolute atomic E-state index is 0.209. The first-order valence-electron chi connectivity index (χ1n) is 22.0. The Kier molecular flexibility index (Phi) is 12.2. The highest BCUT2D eigenvalue weighted by Crippen LogP contribution is 2.46. The minimum Gasteiger partial charge on any atom is -0.457 e. The van der Waals surface area contributed by atoms with Crippen LogP contribution < -0.4 is 0 Å². The Balaban J connectivity index is 1.15. The lowest BCUT2D eigenvalue weighted by atomic mass is 9.83. The fourth-order valence-electron chi connectivity index (χ4n) is 9.23. The number of rotatable bonds is 14. The van der Waals surface area contributed by atoms with Gasteiger partial charge in [0.05, 0.1) is 0 Å². The van der Waals surface area contributed by atoms with Gasteiger partial charge in [-0.05, 0) is 165 Å². The van der Waals surface area contributed by atoms with Crippen LogP contribution in [0.3, 0.4) is 0 Å². The van der Waals surface area contributed by atoms with Crippen molar-refractivity contribution in [2.24, 2.45) is 0 Å². The average Bonchev–Trinajstić information content (AvgIpc) is 3.24. The van der Waals surface area contributed by atoms with E-state index >= 15 is 0 Å². The molecule has 0 heterocycles. The number of benzene rings is 6. The van der Waals surface area contributed by atoms with Crippen molar-refractivity contribution in [3.05, 3.63) is 107 Å². The van der Waals surface area contributed by atoms with Crippen LogP contribution in [0.4, 0.5) is 0 Å². The summed E-state index contributed by atoms with van der Waals surface area (Å²) in [7, 11) is 0. The number of esters is 4. The van der Waals surface area contributed by atoms with Gasteiger partial charge in [-0.3, -0.25) is 19.2 Å². The van der Waals surface area contributed by atoms with Gasteiger partial charge in [0.15, 0.2) is 0 Å².